The van der Waals surface area contributed by atoms with Gasteiger partial charge in [-0.2, -0.15) is 0 Å². The number of nitrogens with zero attached hydrogens (tertiary/aromatic N) is 2. The van der Waals surface area contributed by atoms with Crippen LogP contribution >= 0.6 is 0 Å². The van der Waals surface area contributed by atoms with Gasteiger partial charge in [-0.3, -0.25) is 4.79 Å². The van der Waals surface area contributed by atoms with Crippen LogP contribution in [0, 0.1) is 11.8 Å². The number of aromatic nitrogens is 2. The quantitative estimate of drug-likeness (QED) is 0.819. The van der Waals surface area contributed by atoms with Gasteiger partial charge in [0, 0.05) is 36.6 Å². The third-order valence-electron chi connectivity index (χ3n) is 2.66. The molecule has 0 radical (unpaired) electrons. The molecule has 1 aromatic heterocycles. The number of aryl methyl sites for hydroxylation is 1. The molecule has 0 saturated heterocycles. The highest BCUT2D eigenvalue weighted by atomic mass is 16.1. The van der Waals surface area contributed by atoms with Crippen LogP contribution < -0.4 is 11.1 Å². The van der Waals surface area contributed by atoms with E-state index in [1.54, 1.807) is 12.5 Å². The van der Waals surface area contributed by atoms with Crippen molar-refractivity contribution in [3.05, 3.63) is 48.5 Å². The Kier molecular flexibility index (Phi) is 4.93. The number of hydrogen-bond donors (Lipinski definition) is 2. The predicted molar refractivity (Wildman–Crippen MR) is 77.8 cm³/mol. The smallest absolute Gasteiger partial charge is 0.226 e. The molecule has 1 aromatic carbocycles. The number of hydrogen-bond acceptors (Lipinski definition) is 3. The van der Waals surface area contributed by atoms with E-state index in [0.29, 0.717) is 19.5 Å². The number of amides is 1. The molecular formula is C15H16N4O. The Morgan fingerprint density at radius 1 is 1.35 bits per heavy atom. The first kappa shape index (κ1) is 13.8. The molecule has 0 bridgehead atoms. The maximum Gasteiger partial charge on any atom is 0.226 e. The molecule has 0 unspecified atom stereocenters. The number of rotatable bonds is 4. The zero-order valence-corrected chi connectivity index (χ0v) is 11.0. The summed E-state index contributed by atoms with van der Waals surface area (Å²) in [5.41, 5.74) is 6.95. The van der Waals surface area contributed by atoms with E-state index in [0.717, 1.165) is 11.3 Å². The Morgan fingerprint density at radius 2 is 2.15 bits per heavy atom. The van der Waals surface area contributed by atoms with Crippen molar-refractivity contribution in [1.29, 1.82) is 0 Å². The molecule has 102 valence electrons. The van der Waals surface area contributed by atoms with Crippen LogP contribution in [0.1, 0.15) is 12.0 Å². The van der Waals surface area contributed by atoms with Crippen LogP contribution in [-0.4, -0.2) is 22.0 Å². The molecule has 0 aliphatic carbocycles. The Hall–Kier alpha value is -2.58. The highest BCUT2D eigenvalue weighted by molar-refractivity contribution is 5.90. The van der Waals surface area contributed by atoms with Gasteiger partial charge < -0.3 is 15.6 Å². The average Bonchev–Trinajstić information content (AvgIpc) is 2.98. The van der Waals surface area contributed by atoms with Gasteiger partial charge in [-0.05, 0) is 24.3 Å². The van der Waals surface area contributed by atoms with Crippen LogP contribution in [0.15, 0.2) is 43.0 Å². The van der Waals surface area contributed by atoms with Crippen LogP contribution in [0.2, 0.25) is 0 Å². The van der Waals surface area contributed by atoms with E-state index in [1.807, 2.05) is 35.0 Å². The Morgan fingerprint density at radius 3 is 2.80 bits per heavy atom. The van der Waals surface area contributed by atoms with Crippen molar-refractivity contribution in [2.24, 2.45) is 5.73 Å². The van der Waals surface area contributed by atoms with Crippen LogP contribution in [-0.2, 0) is 11.3 Å². The largest absolute Gasteiger partial charge is 0.337 e. The van der Waals surface area contributed by atoms with Crippen molar-refractivity contribution in [3.63, 3.8) is 0 Å². The van der Waals surface area contributed by atoms with Gasteiger partial charge in [0.1, 0.15) is 0 Å². The molecule has 5 nitrogen and oxygen atoms in total. The van der Waals surface area contributed by atoms with Crippen molar-refractivity contribution in [1.82, 2.24) is 9.55 Å². The number of nitrogens with two attached hydrogens (primary N) is 1. The third-order valence-corrected chi connectivity index (χ3v) is 2.66. The Bertz CT molecular complexity index is 606. The summed E-state index contributed by atoms with van der Waals surface area (Å²) < 4.78 is 1.87. The number of nitrogens with one attached hydrogen (secondary N) is 1. The van der Waals surface area contributed by atoms with Gasteiger partial charge in [0.25, 0.3) is 0 Å². The minimum atomic E-state index is -0.0282. The predicted octanol–water partition coefficient (Wildman–Crippen LogP) is 1.22. The normalized spacial score (nSPS) is 9.65. The number of benzene rings is 1. The van der Waals surface area contributed by atoms with E-state index in [1.165, 1.54) is 0 Å². The van der Waals surface area contributed by atoms with E-state index >= 15 is 0 Å². The van der Waals surface area contributed by atoms with E-state index < -0.39 is 0 Å². The molecular weight excluding hydrogens is 252 g/mol. The molecule has 0 aliphatic rings. The second-order valence-corrected chi connectivity index (χ2v) is 4.18. The average molecular weight is 268 g/mol. The number of carbonyl (C=O) groups is 1. The van der Waals surface area contributed by atoms with Crippen molar-refractivity contribution in [3.8, 4) is 11.8 Å². The molecule has 2 aromatic rings. The molecule has 1 amide bonds. The molecule has 1 heterocycles. The maximum atomic E-state index is 11.8. The molecule has 0 fully saturated rings. The summed E-state index contributed by atoms with van der Waals surface area (Å²) in [6.45, 7) is 0.957. The second-order valence-electron chi connectivity index (χ2n) is 4.18. The molecule has 0 spiro atoms. The van der Waals surface area contributed by atoms with E-state index in [9.17, 15) is 4.79 Å². The van der Waals surface area contributed by atoms with Crippen molar-refractivity contribution < 1.29 is 4.79 Å². The third kappa shape index (κ3) is 4.26. The summed E-state index contributed by atoms with van der Waals surface area (Å²) >= 11 is 0. The molecule has 0 atom stereocenters. The molecule has 5 heteroatoms. The van der Waals surface area contributed by atoms with Crippen LogP contribution in [0.4, 0.5) is 5.69 Å². The lowest BCUT2D eigenvalue weighted by Gasteiger charge is -2.05. The van der Waals surface area contributed by atoms with Crippen molar-refractivity contribution in [2.75, 3.05) is 11.9 Å². The van der Waals surface area contributed by atoms with Crippen LogP contribution in [0.25, 0.3) is 0 Å². The standard InChI is InChI=1S/C15H16N4O/c16-8-1-2-13-3-5-14(6-4-13)18-15(20)7-10-19-11-9-17-12-19/h3-6,9,11-12H,7-8,10,16H2,(H,18,20). The summed E-state index contributed by atoms with van der Waals surface area (Å²) in [6, 6.07) is 7.37. The van der Waals surface area contributed by atoms with Gasteiger partial charge in [-0.25, -0.2) is 4.98 Å². The Labute approximate surface area is 117 Å². The second kappa shape index (κ2) is 7.12. The first-order valence-corrected chi connectivity index (χ1v) is 6.32. The topological polar surface area (TPSA) is 72.9 Å². The lowest BCUT2D eigenvalue weighted by molar-refractivity contribution is -0.116. The highest BCUT2D eigenvalue weighted by Gasteiger charge is 2.02. The van der Waals surface area contributed by atoms with Gasteiger partial charge in [-0.15, -0.1) is 0 Å². The molecule has 2 rings (SSSR count). The van der Waals surface area contributed by atoms with E-state index in [2.05, 4.69) is 22.1 Å². The number of carbonyl (C=O) groups excluding carboxylic acids is 1. The van der Waals surface area contributed by atoms with E-state index in [4.69, 9.17) is 5.73 Å². The lowest BCUT2D eigenvalue weighted by atomic mass is 10.2. The van der Waals surface area contributed by atoms with Crippen LogP contribution in [0.3, 0.4) is 0 Å². The Balaban J connectivity index is 1.84. The summed E-state index contributed by atoms with van der Waals surface area (Å²) in [4.78, 5) is 15.7. The molecule has 0 saturated carbocycles. The van der Waals surface area contributed by atoms with Crippen LogP contribution in [0.5, 0.6) is 0 Å². The van der Waals surface area contributed by atoms with Gasteiger partial charge in [0.05, 0.1) is 12.9 Å². The fourth-order valence-electron chi connectivity index (χ4n) is 1.66. The minimum Gasteiger partial charge on any atom is -0.337 e. The molecule has 20 heavy (non-hydrogen) atoms. The molecule has 0 aliphatic heterocycles. The maximum absolute atomic E-state index is 11.8. The van der Waals surface area contributed by atoms with Crippen molar-refractivity contribution >= 4 is 11.6 Å². The highest BCUT2D eigenvalue weighted by Crippen LogP contribution is 2.09. The zero-order valence-electron chi connectivity index (χ0n) is 11.0. The lowest BCUT2D eigenvalue weighted by Crippen LogP contribution is -2.13. The summed E-state index contributed by atoms with van der Waals surface area (Å²) in [5, 5.41) is 2.84. The minimum absolute atomic E-state index is 0.0282. The fraction of sp³-hybridized carbons (Fsp3) is 0.200. The van der Waals surface area contributed by atoms with Gasteiger partial charge >= 0.3 is 0 Å². The van der Waals surface area contributed by atoms with Crippen molar-refractivity contribution in [2.45, 2.75) is 13.0 Å². The SMILES string of the molecule is NCC#Cc1ccc(NC(=O)CCn2ccnc2)cc1. The summed E-state index contributed by atoms with van der Waals surface area (Å²) in [7, 11) is 0. The zero-order chi connectivity index (χ0) is 14.2. The summed E-state index contributed by atoms with van der Waals surface area (Å²) in [6.07, 6.45) is 5.63. The van der Waals surface area contributed by atoms with Gasteiger partial charge in [0.15, 0.2) is 0 Å². The number of anilines is 1. The first-order valence-electron chi connectivity index (χ1n) is 6.32. The van der Waals surface area contributed by atoms with E-state index in [-0.39, 0.29) is 5.91 Å². The molecule has 3 N–H and O–H groups in total. The summed E-state index contributed by atoms with van der Waals surface area (Å²) in [5.74, 6) is 5.68. The number of imidazole rings is 1. The fourth-order valence-corrected chi connectivity index (χ4v) is 1.66. The monoisotopic (exact) mass is 268 g/mol. The first-order chi connectivity index (χ1) is 9.78. The van der Waals surface area contributed by atoms with Gasteiger partial charge in [0.2, 0.25) is 5.91 Å². The van der Waals surface area contributed by atoms with Gasteiger partial charge in [-0.1, -0.05) is 11.8 Å².